The van der Waals surface area contributed by atoms with E-state index in [0.29, 0.717) is 6.04 Å². The molecular formula is C18H20BrN. The largest absolute Gasteiger partial charge is 0.313 e. The molecule has 2 aromatic rings. The van der Waals surface area contributed by atoms with Crippen LogP contribution in [0.4, 0.5) is 0 Å². The molecule has 20 heavy (non-hydrogen) atoms. The van der Waals surface area contributed by atoms with Crippen LogP contribution in [0, 0.1) is 17.8 Å². The van der Waals surface area contributed by atoms with Gasteiger partial charge in [-0.05, 0) is 66.5 Å². The van der Waals surface area contributed by atoms with E-state index in [-0.39, 0.29) is 0 Å². The first kappa shape index (κ1) is 12.8. The van der Waals surface area contributed by atoms with Crippen molar-refractivity contribution in [1.29, 1.82) is 0 Å². The Balaban J connectivity index is 1.78. The van der Waals surface area contributed by atoms with E-state index in [1.165, 1.54) is 40.1 Å². The Morgan fingerprint density at radius 3 is 2.40 bits per heavy atom. The summed E-state index contributed by atoms with van der Waals surface area (Å²) in [5.41, 5.74) is 1.47. The van der Waals surface area contributed by atoms with E-state index in [1.807, 2.05) is 0 Å². The van der Waals surface area contributed by atoms with Crippen LogP contribution in [0.1, 0.15) is 30.9 Å². The number of hydrogen-bond donors (Lipinski definition) is 1. The highest BCUT2D eigenvalue weighted by Gasteiger charge is 2.47. The second-order valence-electron chi connectivity index (χ2n) is 6.44. The average Bonchev–Trinajstić information content (AvgIpc) is 3.09. The molecule has 0 saturated heterocycles. The van der Waals surface area contributed by atoms with Crippen LogP contribution < -0.4 is 5.32 Å². The van der Waals surface area contributed by atoms with Crippen LogP contribution in [-0.2, 0) is 0 Å². The summed E-state index contributed by atoms with van der Waals surface area (Å²) in [6.45, 7) is 0. The quantitative estimate of drug-likeness (QED) is 0.843. The number of benzene rings is 2. The van der Waals surface area contributed by atoms with Crippen molar-refractivity contribution in [3.05, 3.63) is 46.4 Å². The van der Waals surface area contributed by atoms with Crippen molar-refractivity contribution in [2.24, 2.45) is 17.8 Å². The summed E-state index contributed by atoms with van der Waals surface area (Å²) in [5, 5.41) is 6.32. The van der Waals surface area contributed by atoms with Crippen LogP contribution >= 0.6 is 15.9 Å². The average molecular weight is 330 g/mol. The molecular weight excluding hydrogens is 310 g/mol. The van der Waals surface area contributed by atoms with E-state index in [9.17, 15) is 0 Å². The first-order valence-electron chi connectivity index (χ1n) is 7.62. The molecule has 2 heteroatoms. The highest BCUT2D eigenvalue weighted by molar-refractivity contribution is 9.10. The van der Waals surface area contributed by atoms with Crippen molar-refractivity contribution >= 4 is 26.7 Å². The van der Waals surface area contributed by atoms with Crippen molar-refractivity contribution in [3.63, 3.8) is 0 Å². The van der Waals surface area contributed by atoms with Crippen LogP contribution in [0.25, 0.3) is 10.8 Å². The van der Waals surface area contributed by atoms with Gasteiger partial charge in [-0.25, -0.2) is 0 Å². The Bertz CT molecular complexity index is 641. The molecule has 0 radical (unpaired) electrons. The molecule has 1 N–H and O–H groups in total. The third kappa shape index (κ3) is 2.01. The summed E-state index contributed by atoms with van der Waals surface area (Å²) in [7, 11) is 2.12. The lowest BCUT2D eigenvalue weighted by molar-refractivity contribution is 0.361. The molecule has 0 bridgehead atoms. The van der Waals surface area contributed by atoms with Gasteiger partial charge < -0.3 is 5.32 Å². The summed E-state index contributed by atoms with van der Waals surface area (Å²) >= 11 is 3.68. The van der Waals surface area contributed by atoms with E-state index in [1.54, 1.807) is 0 Å². The summed E-state index contributed by atoms with van der Waals surface area (Å²) in [4.78, 5) is 0. The van der Waals surface area contributed by atoms with Gasteiger partial charge in [0.05, 0.1) is 0 Å². The Hall–Kier alpha value is -0.860. The lowest BCUT2D eigenvalue weighted by Crippen LogP contribution is -2.24. The van der Waals surface area contributed by atoms with Crippen LogP contribution in [-0.4, -0.2) is 7.05 Å². The summed E-state index contributed by atoms with van der Waals surface area (Å²) in [5.74, 6) is 2.89. The lowest BCUT2D eigenvalue weighted by Gasteiger charge is -2.26. The standard InChI is InChI=1S/C18H20BrN/c1-20-18(13-9-11-8-12(11)10-13)16-6-7-17(19)15-5-3-2-4-14(15)16/h2-7,11-13,18,20H,8-10H2,1H3. The smallest absolute Gasteiger partial charge is 0.0352 e. The lowest BCUT2D eigenvalue weighted by atomic mass is 9.87. The predicted octanol–water partition coefficient (Wildman–Crippen LogP) is 4.91. The van der Waals surface area contributed by atoms with Crippen LogP contribution in [0.15, 0.2) is 40.9 Å². The minimum atomic E-state index is 0.501. The van der Waals surface area contributed by atoms with Gasteiger partial charge in [0.25, 0.3) is 0 Å². The van der Waals surface area contributed by atoms with Gasteiger partial charge >= 0.3 is 0 Å². The van der Waals surface area contributed by atoms with E-state index in [0.717, 1.165) is 17.8 Å². The monoisotopic (exact) mass is 329 g/mol. The molecule has 2 aromatic carbocycles. The third-order valence-corrected chi connectivity index (χ3v) is 5.99. The molecule has 2 aliphatic carbocycles. The van der Waals surface area contributed by atoms with Gasteiger partial charge in [0.15, 0.2) is 0 Å². The maximum Gasteiger partial charge on any atom is 0.0352 e. The molecule has 3 unspecified atom stereocenters. The topological polar surface area (TPSA) is 12.0 Å². The number of hydrogen-bond acceptors (Lipinski definition) is 1. The molecule has 1 nitrogen and oxygen atoms in total. The van der Waals surface area contributed by atoms with E-state index in [2.05, 4.69) is 64.7 Å². The molecule has 0 amide bonds. The molecule has 2 fully saturated rings. The van der Waals surface area contributed by atoms with Crippen LogP contribution in [0.2, 0.25) is 0 Å². The fourth-order valence-corrected chi connectivity index (χ4v) is 4.71. The molecule has 0 spiro atoms. The zero-order chi connectivity index (χ0) is 13.7. The van der Waals surface area contributed by atoms with Gasteiger partial charge in [-0.15, -0.1) is 0 Å². The number of nitrogens with one attached hydrogen (secondary N) is 1. The normalized spacial score (nSPS) is 29.4. The molecule has 3 atom stereocenters. The SMILES string of the molecule is CNC(c1ccc(Br)c2ccccc12)C1CC2CC2C1. The zero-order valence-electron chi connectivity index (χ0n) is 11.8. The molecule has 0 heterocycles. The van der Waals surface area contributed by atoms with Gasteiger partial charge in [-0.1, -0.05) is 46.3 Å². The second-order valence-corrected chi connectivity index (χ2v) is 7.29. The highest BCUT2D eigenvalue weighted by Crippen LogP contribution is 2.57. The predicted molar refractivity (Wildman–Crippen MR) is 87.8 cm³/mol. The molecule has 4 rings (SSSR count). The van der Waals surface area contributed by atoms with Gasteiger partial charge in [-0.2, -0.15) is 0 Å². The Morgan fingerprint density at radius 2 is 1.70 bits per heavy atom. The van der Waals surface area contributed by atoms with Crippen molar-refractivity contribution < 1.29 is 0 Å². The van der Waals surface area contributed by atoms with Gasteiger partial charge in [-0.3, -0.25) is 0 Å². The third-order valence-electron chi connectivity index (χ3n) is 5.30. The zero-order valence-corrected chi connectivity index (χ0v) is 13.4. The number of rotatable bonds is 3. The van der Waals surface area contributed by atoms with Crippen molar-refractivity contribution in [2.45, 2.75) is 25.3 Å². The Morgan fingerprint density at radius 1 is 1.00 bits per heavy atom. The minimum Gasteiger partial charge on any atom is -0.313 e. The minimum absolute atomic E-state index is 0.501. The summed E-state index contributed by atoms with van der Waals surface area (Å²) < 4.78 is 1.20. The Kier molecular flexibility index (Phi) is 3.12. The maximum atomic E-state index is 3.68. The van der Waals surface area contributed by atoms with Crippen molar-refractivity contribution in [2.75, 3.05) is 7.05 Å². The van der Waals surface area contributed by atoms with E-state index in [4.69, 9.17) is 0 Å². The maximum absolute atomic E-state index is 3.68. The van der Waals surface area contributed by atoms with Crippen LogP contribution in [0.3, 0.4) is 0 Å². The number of halogens is 1. The van der Waals surface area contributed by atoms with Gasteiger partial charge in [0.2, 0.25) is 0 Å². The van der Waals surface area contributed by atoms with Crippen molar-refractivity contribution in [1.82, 2.24) is 5.32 Å². The van der Waals surface area contributed by atoms with Gasteiger partial charge in [0, 0.05) is 10.5 Å². The number of fused-ring (bicyclic) bond motifs is 2. The van der Waals surface area contributed by atoms with Crippen molar-refractivity contribution in [3.8, 4) is 0 Å². The molecule has 0 aromatic heterocycles. The van der Waals surface area contributed by atoms with E-state index < -0.39 is 0 Å². The fourth-order valence-electron chi connectivity index (χ4n) is 4.24. The molecule has 2 saturated carbocycles. The summed E-state index contributed by atoms with van der Waals surface area (Å²) in [6.07, 6.45) is 4.33. The van der Waals surface area contributed by atoms with Gasteiger partial charge in [0.1, 0.15) is 0 Å². The molecule has 2 aliphatic rings. The first-order chi connectivity index (χ1) is 9.78. The molecule has 0 aliphatic heterocycles. The molecule has 104 valence electrons. The van der Waals surface area contributed by atoms with E-state index >= 15 is 0 Å². The Labute approximate surface area is 128 Å². The summed E-state index contributed by atoms with van der Waals surface area (Å²) in [6, 6.07) is 13.8. The highest BCUT2D eigenvalue weighted by atomic mass is 79.9. The van der Waals surface area contributed by atoms with Crippen LogP contribution in [0.5, 0.6) is 0 Å². The fraction of sp³-hybridized carbons (Fsp3) is 0.444. The first-order valence-corrected chi connectivity index (χ1v) is 8.41. The second kappa shape index (κ2) is 4.85.